The number of carbonyl (C=O) groups is 1. The summed E-state index contributed by atoms with van der Waals surface area (Å²) in [7, 11) is 1.45. The van der Waals surface area contributed by atoms with Crippen molar-refractivity contribution in [3.8, 4) is 11.5 Å². The van der Waals surface area contributed by atoms with Gasteiger partial charge in [-0.05, 0) is 48.7 Å². The van der Waals surface area contributed by atoms with Crippen LogP contribution in [0.15, 0.2) is 72.8 Å². The minimum Gasteiger partial charge on any atom is -0.493 e. The minimum atomic E-state index is -1.13. The lowest BCUT2D eigenvalue weighted by Crippen LogP contribution is -2.32. The van der Waals surface area contributed by atoms with Crippen molar-refractivity contribution in [3.05, 3.63) is 105 Å². The number of carboxylic acids is 1. The van der Waals surface area contributed by atoms with Gasteiger partial charge in [-0.3, -0.25) is 0 Å². The Kier molecular flexibility index (Phi) is 8.42. The van der Waals surface area contributed by atoms with Crippen LogP contribution in [0.25, 0.3) is 0 Å². The Bertz CT molecular complexity index is 1290. The largest absolute Gasteiger partial charge is 0.493 e. The van der Waals surface area contributed by atoms with E-state index in [1.54, 1.807) is 24.3 Å². The predicted molar refractivity (Wildman–Crippen MR) is 141 cm³/mol. The van der Waals surface area contributed by atoms with Crippen LogP contribution in [-0.4, -0.2) is 24.8 Å². The van der Waals surface area contributed by atoms with Crippen molar-refractivity contribution in [2.75, 3.05) is 13.7 Å². The number of ether oxygens (including phenoxy) is 3. The first kappa shape index (κ1) is 27.0. The Morgan fingerprint density at radius 1 is 1.11 bits per heavy atom. The highest BCUT2D eigenvalue weighted by Crippen LogP contribution is 2.55. The van der Waals surface area contributed by atoms with Crippen LogP contribution in [-0.2, 0) is 9.53 Å². The van der Waals surface area contributed by atoms with Gasteiger partial charge in [0.25, 0.3) is 0 Å². The maximum atomic E-state index is 13.8. The van der Waals surface area contributed by atoms with E-state index in [1.165, 1.54) is 19.2 Å². The first-order valence-electron chi connectivity index (χ1n) is 11.7. The Balaban J connectivity index is 1.87. The van der Waals surface area contributed by atoms with Gasteiger partial charge in [0.1, 0.15) is 5.82 Å². The molecule has 0 unspecified atom stereocenters. The number of halogens is 3. The normalized spacial score (nSPS) is 21.3. The fourth-order valence-corrected chi connectivity index (χ4v) is 5.38. The van der Waals surface area contributed by atoms with Gasteiger partial charge in [-0.2, -0.15) is 0 Å². The molecule has 0 radical (unpaired) electrons. The summed E-state index contributed by atoms with van der Waals surface area (Å²) in [5.41, 5.74) is 3.10. The maximum absolute atomic E-state index is 13.8. The molecule has 3 aromatic carbocycles. The summed E-state index contributed by atoms with van der Waals surface area (Å²) in [6.45, 7) is 5.57. The van der Waals surface area contributed by atoms with Crippen molar-refractivity contribution in [2.24, 2.45) is 5.92 Å². The quantitative estimate of drug-likeness (QED) is 0.293. The molecule has 37 heavy (non-hydrogen) atoms. The van der Waals surface area contributed by atoms with Gasteiger partial charge in [-0.1, -0.05) is 65.7 Å². The van der Waals surface area contributed by atoms with Crippen LogP contribution in [0.5, 0.6) is 11.5 Å². The predicted octanol–water partition coefficient (Wildman–Crippen LogP) is 7.78. The highest BCUT2D eigenvalue weighted by Gasteiger charge is 2.42. The van der Waals surface area contributed by atoms with E-state index in [9.17, 15) is 14.3 Å². The third kappa shape index (κ3) is 5.93. The van der Waals surface area contributed by atoms with Gasteiger partial charge in [0.2, 0.25) is 0 Å². The molecule has 4 rings (SSSR count). The summed E-state index contributed by atoms with van der Waals surface area (Å²) in [6, 6.07) is 17.0. The van der Waals surface area contributed by atoms with E-state index in [0.717, 1.165) is 16.7 Å². The Hall–Kier alpha value is -3.06. The van der Waals surface area contributed by atoms with E-state index in [-0.39, 0.29) is 23.4 Å². The number of methoxy groups -OCH3 is 1. The van der Waals surface area contributed by atoms with Crippen LogP contribution in [0.3, 0.4) is 0 Å². The fraction of sp³-hybridized carbons (Fsp3) is 0.276. The highest BCUT2D eigenvalue weighted by molar-refractivity contribution is 6.31. The Morgan fingerprint density at radius 3 is 2.43 bits per heavy atom. The molecule has 0 saturated carbocycles. The van der Waals surface area contributed by atoms with Crippen LogP contribution >= 0.6 is 23.2 Å². The van der Waals surface area contributed by atoms with E-state index in [4.69, 9.17) is 37.4 Å². The molecule has 1 heterocycles. The number of hydrogen-bond donors (Lipinski definition) is 1. The molecule has 0 aliphatic carbocycles. The van der Waals surface area contributed by atoms with Crippen LogP contribution in [0, 0.1) is 11.7 Å². The van der Waals surface area contributed by atoms with Gasteiger partial charge in [0.15, 0.2) is 18.1 Å². The number of hydrogen-bond acceptors (Lipinski definition) is 4. The van der Waals surface area contributed by atoms with E-state index in [0.29, 0.717) is 27.8 Å². The molecule has 194 valence electrons. The second-order valence-corrected chi connectivity index (χ2v) is 9.90. The van der Waals surface area contributed by atoms with Crippen molar-refractivity contribution in [1.82, 2.24) is 0 Å². The molecular weight excluding hydrogens is 518 g/mol. The zero-order valence-corrected chi connectivity index (χ0v) is 21.9. The highest BCUT2D eigenvalue weighted by atomic mass is 35.5. The summed E-state index contributed by atoms with van der Waals surface area (Å²) in [5.74, 6) is -1.32. The molecule has 1 aliphatic heterocycles. The average molecular weight is 545 g/mol. The first-order valence-corrected chi connectivity index (χ1v) is 12.5. The molecule has 0 amide bonds. The topological polar surface area (TPSA) is 65.0 Å². The van der Waals surface area contributed by atoms with Crippen molar-refractivity contribution < 1.29 is 28.5 Å². The molecule has 1 aliphatic rings. The summed E-state index contributed by atoms with van der Waals surface area (Å²) < 4.78 is 31.8. The van der Waals surface area contributed by atoms with Gasteiger partial charge >= 0.3 is 5.97 Å². The number of aliphatic carboxylic acids is 1. The fourth-order valence-electron chi connectivity index (χ4n) is 4.89. The molecule has 1 N–H and O–H groups in total. The molecule has 4 atom stereocenters. The van der Waals surface area contributed by atoms with Crippen molar-refractivity contribution in [2.45, 2.75) is 31.5 Å². The summed E-state index contributed by atoms with van der Waals surface area (Å²) >= 11 is 13.1. The lowest BCUT2D eigenvalue weighted by Gasteiger charge is -2.43. The van der Waals surface area contributed by atoms with E-state index >= 15 is 0 Å². The minimum absolute atomic E-state index is 0.165. The second kappa shape index (κ2) is 11.5. The molecule has 0 bridgehead atoms. The molecule has 8 heteroatoms. The molecular formula is C29H27Cl2FO5. The summed E-state index contributed by atoms with van der Waals surface area (Å²) in [5, 5.41) is 10.2. The molecule has 5 nitrogen and oxygen atoms in total. The lowest BCUT2D eigenvalue weighted by atomic mass is 9.74. The van der Waals surface area contributed by atoms with E-state index in [2.05, 4.69) is 6.58 Å². The lowest BCUT2D eigenvalue weighted by molar-refractivity contribution is -0.139. The van der Waals surface area contributed by atoms with Gasteiger partial charge in [0.05, 0.1) is 19.3 Å². The zero-order valence-electron chi connectivity index (χ0n) is 20.4. The number of rotatable bonds is 8. The first-order chi connectivity index (χ1) is 17.7. The smallest absolute Gasteiger partial charge is 0.341 e. The Labute approximate surface area is 225 Å². The monoisotopic (exact) mass is 544 g/mol. The van der Waals surface area contributed by atoms with Crippen LogP contribution in [0.2, 0.25) is 10.0 Å². The summed E-state index contributed by atoms with van der Waals surface area (Å²) in [4.78, 5) is 11.3. The van der Waals surface area contributed by atoms with E-state index < -0.39 is 24.8 Å². The second-order valence-electron chi connectivity index (χ2n) is 9.05. The van der Waals surface area contributed by atoms with Crippen LogP contribution in [0.4, 0.5) is 4.39 Å². The molecule has 3 aromatic rings. The van der Waals surface area contributed by atoms with Gasteiger partial charge in [-0.25, -0.2) is 9.18 Å². The van der Waals surface area contributed by atoms with Gasteiger partial charge in [0, 0.05) is 33.5 Å². The van der Waals surface area contributed by atoms with Crippen LogP contribution < -0.4 is 9.47 Å². The maximum Gasteiger partial charge on any atom is 0.341 e. The molecule has 0 aromatic heterocycles. The summed E-state index contributed by atoms with van der Waals surface area (Å²) in [6.07, 6.45) is -0.500. The van der Waals surface area contributed by atoms with Gasteiger partial charge in [-0.15, -0.1) is 0 Å². The van der Waals surface area contributed by atoms with Gasteiger partial charge < -0.3 is 19.3 Å². The van der Waals surface area contributed by atoms with Crippen LogP contribution in [0.1, 0.15) is 48.2 Å². The standard InChI is InChI=1S/C29H27Cl2FO5/c1-16(2)21-14-22(20-6-4-5-7-24(20)31)27(17-8-10-19(32)11-9-17)37-28(21)23-12-18(30)13-25(35-3)29(23)36-15-26(33)34/h4-13,21-22,27-28H,1,14-15H2,2-3H3,(H,33,34)/t21-,22-,27+,28+/m1/s1. The van der Waals surface area contributed by atoms with E-state index in [1.807, 2.05) is 31.2 Å². The third-order valence-corrected chi connectivity index (χ3v) is 7.15. The average Bonchev–Trinajstić information content (AvgIpc) is 2.87. The van der Waals surface area contributed by atoms with Crippen molar-refractivity contribution in [1.29, 1.82) is 0 Å². The van der Waals surface area contributed by atoms with Crippen molar-refractivity contribution in [3.63, 3.8) is 0 Å². The number of carboxylic acid groups (broad SMARTS) is 1. The SMILES string of the molecule is C=C(C)[C@H]1C[C@H](c2ccccc2Cl)[C@H](c2ccc(F)cc2)O[C@@H]1c1cc(Cl)cc(OC)c1OCC(=O)O. The third-order valence-electron chi connectivity index (χ3n) is 6.58. The molecule has 0 spiro atoms. The van der Waals surface area contributed by atoms with Crippen molar-refractivity contribution >= 4 is 29.2 Å². The Morgan fingerprint density at radius 2 is 1.81 bits per heavy atom. The number of benzene rings is 3. The molecule has 1 saturated heterocycles. The zero-order chi connectivity index (χ0) is 26.7. The molecule has 1 fully saturated rings.